The van der Waals surface area contributed by atoms with Gasteiger partial charge in [0.2, 0.25) is 5.88 Å². The molecule has 13 heteroatoms. The van der Waals surface area contributed by atoms with Crippen LogP contribution in [0.25, 0.3) is 32.8 Å². The Hall–Kier alpha value is -4.51. The molecule has 2 aromatic carbocycles. The summed E-state index contributed by atoms with van der Waals surface area (Å²) in [6, 6.07) is 6.35. The fourth-order valence-electron chi connectivity index (χ4n) is 9.58. The van der Waals surface area contributed by atoms with Gasteiger partial charge in [-0.1, -0.05) is 53.5 Å². The van der Waals surface area contributed by atoms with Gasteiger partial charge in [-0.05, 0) is 80.7 Å². The Balaban J connectivity index is 1.42. The molecule has 3 saturated heterocycles. The van der Waals surface area contributed by atoms with E-state index in [1.54, 1.807) is 31.3 Å². The molecule has 2 atom stereocenters. The van der Waals surface area contributed by atoms with Crippen molar-refractivity contribution in [3.05, 3.63) is 53.2 Å². The highest BCUT2D eigenvalue weighted by molar-refractivity contribution is 6.90. The summed E-state index contributed by atoms with van der Waals surface area (Å²) < 4.78 is 62.9. The molecule has 3 aliphatic heterocycles. The highest BCUT2D eigenvalue weighted by atomic mass is 28.3. The molecule has 2 bridgehead atoms. The van der Waals surface area contributed by atoms with Crippen molar-refractivity contribution in [2.24, 2.45) is 0 Å². The van der Waals surface area contributed by atoms with Crippen LogP contribution < -0.4 is 14.4 Å². The number of amides is 1. The number of aryl methyl sites for hydroxylation is 1. The van der Waals surface area contributed by atoms with Crippen molar-refractivity contribution in [2.75, 3.05) is 45.1 Å². The van der Waals surface area contributed by atoms with E-state index >= 15 is 8.78 Å². The molecule has 10 nitrogen and oxygen atoms in total. The van der Waals surface area contributed by atoms with E-state index < -0.39 is 25.3 Å². The van der Waals surface area contributed by atoms with Crippen molar-refractivity contribution < 1.29 is 37.3 Å². The summed E-state index contributed by atoms with van der Waals surface area (Å²) in [6.45, 7) is 22.4. The number of ether oxygens (including phenoxy) is 5. The van der Waals surface area contributed by atoms with Gasteiger partial charge in [-0.25, -0.2) is 13.6 Å². The summed E-state index contributed by atoms with van der Waals surface area (Å²) in [5.74, 6) is 3.50. The van der Waals surface area contributed by atoms with Gasteiger partial charge in [0.15, 0.2) is 12.6 Å². The number of halogens is 2. The number of hydrogen-bond donors (Lipinski definition) is 0. The Morgan fingerprint density at radius 3 is 2.24 bits per heavy atom. The van der Waals surface area contributed by atoms with E-state index in [1.807, 2.05) is 25.7 Å². The molecule has 2 aromatic heterocycles. The van der Waals surface area contributed by atoms with E-state index in [0.29, 0.717) is 93.0 Å². The van der Waals surface area contributed by atoms with Gasteiger partial charge in [0.25, 0.3) is 0 Å². The van der Waals surface area contributed by atoms with Gasteiger partial charge in [0, 0.05) is 53.7 Å². The number of rotatable bonds is 10. The third-order valence-electron chi connectivity index (χ3n) is 12.3. The highest BCUT2D eigenvalue weighted by Crippen LogP contribution is 2.44. The van der Waals surface area contributed by atoms with Crippen molar-refractivity contribution in [3.8, 4) is 34.4 Å². The number of hydrogen-bond acceptors (Lipinski definition) is 9. The summed E-state index contributed by atoms with van der Waals surface area (Å²) >= 11 is 0. The quantitative estimate of drug-likeness (QED) is 0.0880. The number of fused-ring (bicyclic) bond motifs is 4. The average molecular weight is 829 g/mol. The van der Waals surface area contributed by atoms with Crippen LogP contribution in [0.4, 0.5) is 19.4 Å². The lowest BCUT2D eigenvalue weighted by atomic mass is 9.94. The van der Waals surface area contributed by atoms with Crippen LogP contribution in [0.1, 0.15) is 86.3 Å². The molecule has 0 spiro atoms. The van der Waals surface area contributed by atoms with Gasteiger partial charge in [0.1, 0.15) is 42.9 Å². The normalized spacial score (nSPS) is 18.5. The third kappa shape index (κ3) is 7.96. The lowest BCUT2D eigenvalue weighted by molar-refractivity contribution is -0.0814. The van der Waals surface area contributed by atoms with Crippen LogP contribution in [0.2, 0.25) is 16.6 Å². The fourth-order valence-corrected chi connectivity index (χ4v) is 14.8. The molecule has 59 heavy (non-hydrogen) atoms. The number of methoxy groups -OCH3 is 1. The topological polar surface area (TPSA) is 95.5 Å². The molecule has 0 saturated carbocycles. The van der Waals surface area contributed by atoms with Gasteiger partial charge < -0.3 is 28.6 Å². The lowest BCUT2D eigenvalue weighted by Crippen LogP contribution is -2.57. The Kier molecular flexibility index (Phi) is 11.9. The zero-order chi connectivity index (χ0) is 42.6. The number of benzene rings is 2. The third-order valence-corrected chi connectivity index (χ3v) is 18.6. The minimum absolute atomic E-state index is 0.0205. The van der Waals surface area contributed by atoms with E-state index in [9.17, 15) is 4.79 Å². The Morgan fingerprint density at radius 1 is 1.00 bits per heavy atom. The predicted molar refractivity (Wildman–Crippen MR) is 230 cm³/mol. The van der Waals surface area contributed by atoms with E-state index in [0.717, 1.165) is 12.8 Å². The number of piperazine rings is 1. The molecule has 4 aromatic rings. The van der Waals surface area contributed by atoms with Gasteiger partial charge in [-0.2, -0.15) is 4.98 Å². The Bertz CT molecular complexity index is 2280. The van der Waals surface area contributed by atoms with Crippen LogP contribution in [0.15, 0.2) is 30.5 Å². The Labute approximate surface area is 347 Å². The van der Waals surface area contributed by atoms with Crippen molar-refractivity contribution in [1.29, 1.82) is 0 Å². The second-order valence-electron chi connectivity index (χ2n) is 18.2. The number of anilines is 1. The maximum absolute atomic E-state index is 17.9. The van der Waals surface area contributed by atoms with Crippen LogP contribution in [0, 0.1) is 30.0 Å². The van der Waals surface area contributed by atoms with Crippen LogP contribution >= 0.6 is 0 Å². The molecule has 3 fully saturated rings. The van der Waals surface area contributed by atoms with E-state index in [2.05, 4.69) is 57.9 Å². The largest absolute Gasteiger partial charge is 0.469 e. The second kappa shape index (κ2) is 16.5. The zero-order valence-corrected chi connectivity index (χ0v) is 37.3. The van der Waals surface area contributed by atoms with Crippen LogP contribution in [-0.4, -0.2) is 93.0 Å². The van der Waals surface area contributed by atoms with Crippen molar-refractivity contribution in [3.63, 3.8) is 0 Å². The smallest absolute Gasteiger partial charge is 0.410 e. The van der Waals surface area contributed by atoms with Crippen LogP contribution in [0.3, 0.4) is 0 Å². The van der Waals surface area contributed by atoms with Gasteiger partial charge >= 0.3 is 6.09 Å². The molecule has 0 radical (unpaired) electrons. The summed E-state index contributed by atoms with van der Waals surface area (Å²) in [7, 11) is -0.766. The zero-order valence-electron chi connectivity index (χ0n) is 36.3. The molecule has 0 aliphatic carbocycles. The lowest BCUT2D eigenvalue weighted by Gasteiger charge is -2.42. The molecule has 7 rings (SSSR count). The molecule has 0 N–H and O–H groups in total. The molecular formula is C46H58F2N4O6Si. The minimum atomic E-state index is -2.29. The molecule has 316 valence electrons. The first-order valence-electron chi connectivity index (χ1n) is 20.9. The summed E-state index contributed by atoms with van der Waals surface area (Å²) in [4.78, 5) is 27.2. The maximum atomic E-state index is 17.9. The van der Waals surface area contributed by atoms with Crippen LogP contribution in [-0.2, 0) is 14.2 Å². The number of pyridine rings is 2. The number of carbonyl (C=O) groups is 1. The van der Waals surface area contributed by atoms with Gasteiger partial charge in [-0.3, -0.25) is 9.88 Å². The van der Waals surface area contributed by atoms with Crippen molar-refractivity contribution in [2.45, 2.75) is 122 Å². The van der Waals surface area contributed by atoms with E-state index in [4.69, 9.17) is 33.7 Å². The Morgan fingerprint density at radius 2 is 1.66 bits per heavy atom. The molecule has 2 unspecified atom stereocenters. The molecule has 5 heterocycles. The highest BCUT2D eigenvalue weighted by Gasteiger charge is 2.45. The molecule has 1 amide bonds. The monoisotopic (exact) mass is 828 g/mol. The predicted octanol–water partition coefficient (Wildman–Crippen LogP) is 9.95. The first-order valence-corrected chi connectivity index (χ1v) is 23.1. The average Bonchev–Trinajstić information content (AvgIpc) is 3.41. The number of carbonyl (C=O) groups excluding carboxylic acids is 1. The van der Waals surface area contributed by atoms with Crippen molar-refractivity contribution >= 4 is 41.5 Å². The van der Waals surface area contributed by atoms with Crippen molar-refractivity contribution in [1.82, 2.24) is 14.9 Å². The molecule has 3 aliphatic rings. The summed E-state index contributed by atoms with van der Waals surface area (Å²) in [5.41, 5.74) is 5.12. The summed E-state index contributed by atoms with van der Waals surface area (Å²) in [5, 5.41) is 1.89. The number of nitrogens with zero attached hydrogens (tertiary/aromatic N) is 4. The molecular weight excluding hydrogens is 771 g/mol. The van der Waals surface area contributed by atoms with Gasteiger partial charge in [-0.15, -0.1) is 5.54 Å². The fraction of sp³-hybridized carbons (Fsp3) is 0.543. The van der Waals surface area contributed by atoms with E-state index in [1.165, 1.54) is 13.2 Å². The first-order chi connectivity index (χ1) is 27.9. The minimum Gasteiger partial charge on any atom is -0.469 e. The second-order valence-corrected chi connectivity index (χ2v) is 23.8. The standard InChI is InChI=1S/C46H58F2N4O6Si/c1-26(2)59(27(3)4,28(5)6)17-16-35-38(47)15-12-30-18-33(56-25-54-11)19-36(40(30)35)42-41(48)39-29(7)44(57-34-23-55-24-34)50-43(37(39)20-49-42)51-21-31-13-14-32(22-51)52(31)45(53)58-46(8,9)10/h12,15,18-20,26-28,31-32,34H,13-14,21-25H2,1-11H3. The maximum Gasteiger partial charge on any atom is 0.410 e. The number of aromatic nitrogens is 2. The van der Waals surface area contributed by atoms with E-state index in [-0.39, 0.29) is 42.3 Å². The first kappa shape index (κ1) is 42.6. The summed E-state index contributed by atoms with van der Waals surface area (Å²) in [6.07, 6.45) is 2.73. The SMILES string of the molecule is COCOc1cc(-c2ncc3c(N4CC5CCC(C4)N5C(=O)OC(C)(C)C)nc(OC4COC4)c(C)c3c2F)c2c(C#C[Si](C(C)C)(C(C)C)C(C)C)c(F)ccc2c1. The van der Waals surface area contributed by atoms with Crippen LogP contribution in [0.5, 0.6) is 11.6 Å². The van der Waals surface area contributed by atoms with Gasteiger partial charge in [0.05, 0.1) is 30.9 Å².